The molecule has 0 saturated carbocycles. The molecule has 5 heteroatoms. The molecule has 2 heterocycles. The molecule has 0 bridgehead atoms. The fourth-order valence-corrected chi connectivity index (χ4v) is 2.17. The number of hydrogen-bond acceptors (Lipinski definition) is 5. The van der Waals surface area contributed by atoms with Gasteiger partial charge in [-0.3, -0.25) is 4.98 Å². The van der Waals surface area contributed by atoms with Crippen LogP contribution in [0.25, 0.3) is 11.3 Å². The van der Waals surface area contributed by atoms with Crippen molar-refractivity contribution in [2.45, 2.75) is 19.9 Å². The van der Waals surface area contributed by atoms with Crippen molar-refractivity contribution in [3.63, 3.8) is 0 Å². The number of pyridine rings is 1. The first-order valence-corrected chi connectivity index (χ1v) is 7.59. The van der Waals surface area contributed by atoms with E-state index in [2.05, 4.69) is 39.4 Å². The van der Waals surface area contributed by atoms with E-state index in [1.165, 1.54) is 0 Å². The van der Waals surface area contributed by atoms with E-state index in [-0.39, 0.29) is 6.04 Å². The lowest BCUT2D eigenvalue weighted by Crippen LogP contribution is -2.13. The maximum atomic E-state index is 4.58. The molecule has 0 unspecified atom stereocenters. The first-order chi connectivity index (χ1) is 11.2. The van der Waals surface area contributed by atoms with Gasteiger partial charge in [0.25, 0.3) is 0 Å². The first-order valence-electron chi connectivity index (χ1n) is 7.59. The van der Waals surface area contributed by atoms with E-state index in [0.29, 0.717) is 5.95 Å². The van der Waals surface area contributed by atoms with Crippen LogP contribution in [-0.4, -0.2) is 21.0 Å². The Kier molecular flexibility index (Phi) is 4.47. The molecule has 0 spiro atoms. The minimum atomic E-state index is 0.253. The monoisotopic (exact) mass is 305 g/mol. The van der Waals surface area contributed by atoms with Gasteiger partial charge in [0.05, 0.1) is 5.69 Å². The van der Waals surface area contributed by atoms with Gasteiger partial charge in [-0.25, -0.2) is 4.98 Å². The van der Waals surface area contributed by atoms with E-state index in [1.807, 2.05) is 48.5 Å². The average Bonchev–Trinajstić information content (AvgIpc) is 2.56. The summed E-state index contributed by atoms with van der Waals surface area (Å²) in [6.45, 7) is 4.12. The third-order valence-corrected chi connectivity index (χ3v) is 3.15. The molecule has 5 nitrogen and oxygen atoms in total. The number of nitrogens with one attached hydrogen (secondary N) is 2. The molecule has 2 aromatic heterocycles. The lowest BCUT2D eigenvalue weighted by Gasteiger charge is -2.13. The summed E-state index contributed by atoms with van der Waals surface area (Å²) in [5, 5.41) is 6.57. The Morgan fingerprint density at radius 1 is 0.957 bits per heavy atom. The van der Waals surface area contributed by atoms with Gasteiger partial charge in [-0.15, -0.1) is 0 Å². The third-order valence-electron chi connectivity index (χ3n) is 3.15. The van der Waals surface area contributed by atoms with Crippen LogP contribution in [0.3, 0.4) is 0 Å². The zero-order valence-corrected chi connectivity index (χ0v) is 13.2. The molecule has 0 aliphatic carbocycles. The summed E-state index contributed by atoms with van der Waals surface area (Å²) in [6, 6.07) is 16.0. The molecule has 0 amide bonds. The molecule has 0 atom stereocenters. The van der Waals surface area contributed by atoms with Crippen molar-refractivity contribution < 1.29 is 0 Å². The van der Waals surface area contributed by atoms with Crippen LogP contribution in [0.4, 0.5) is 17.5 Å². The second kappa shape index (κ2) is 6.87. The van der Waals surface area contributed by atoms with Gasteiger partial charge in [-0.1, -0.05) is 18.2 Å². The van der Waals surface area contributed by atoms with Crippen molar-refractivity contribution in [1.82, 2.24) is 15.0 Å². The predicted molar refractivity (Wildman–Crippen MR) is 93.7 cm³/mol. The SMILES string of the molecule is CC(C)Nc1nc(Nc2ccccc2)cc(-c2cccnc2)n1. The molecular formula is C18H19N5. The highest BCUT2D eigenvalue weighted by Crippen LogP contribution is 2.23. The maximum absolute atomic E-state index is 4.58. The van der Waals surface area contributed by atoms with Gasteiger partial charge in [-0.2, -0.15) is 4.98 Å². The largest absolute Gasteiger partial charge is 0.352 e. The quantitative estimate of drug-likeness (QED) is 0.743. The smallest absolute Gasteiger partial charge is 0.225 e. The third kappa shape index (κ3) is 4.03. The number of nitrogens with zero attached hydrogens (tertiary/aromatic N) is 3. The molecule has 3 rings (SSSR count). The van der Waals surface area contributed by atoms with E-state index in [0.717, 1.165) is 22.8 Å². The first kappa shape index (κ1) is 15.0. The standard InChI is InChI=1S/C18H19N5/c1-13(2)20-18-22-16(14-7-6-10-19-12-14)11-17(23-18)21-15-8-4-3-5-9-15/h3-13H,1-2H3,(H2,20,21,22,23). The zero-order valence-electron chi connectivity index (χ0n) is 13.2. The predicted octanol–water partition coefficient (Wildman–Crippen LogP) is 4.10. The Morgan fingerprint density at radius 2 is 1.78 bits per heavy atom. The van der Waals surface area contributed by atoms with Gasteiger partial charge in [0, 0.05) is 35.8 Å². The van der Waals surface area contributed by atoms with Crippen LogP contribution >= 0.6 is 0 Å². The van der Waals surface area contributed by atoms with Crippen LogP contribution in [0.15, 0.2) is 60.9 Å². The number of aromatic nitrogens is 3. The Bertz CT molecular complexity index is 757. The lowest BCUT2D eigenvalue weighted by molar-refractivity contribution is 0.876. The van der Waals surface area contributed by atoms with Crippen LogP contribution < -0.4 is 10.6 Å². The zero-order chi connectivity index (χ0) is 16.1. The number of hydrogen-bond donors (Lipinski definition) is 2. The minimum Gasteiger partial charge on any atom is -0.352 e. The van der Waals surface area contributed by atoms with Crippen LogP contribution in [-0.2, 0) is 0 Å². The van der Waals surface area contributed by atoms with Gasteiger partial charge in [0.15, 0.2) is 0 Å². The molecule has 23 heavy (non-hydrogen) atoms. The number of benzene rings is 1. The van der Waals surface area contributed by atoms with Gasteiger partial charge >= 0.3 is 0 Å². The van der Waals surface area contributed by atoms with Gasteiger partial charge in [0.1, 0.15) is 5.82 Å². The van der Waals surface area contributed by atoms with Crippen molar-refractivity contribution in [3.8, 4) is 11.3 Å². The lowest BCUT2D eigenvalue weighted by atomic mass is 10.2. The Hall–Kier alpha value is -2.95. The molecule has 0 aliphatic heterocycles. The van der Waals surface area contributed by atoms with Crippen molar-refractivity contribution in [3.05, 3.63) is 60.9 Å². The summed E-state index contributed by atoms with van der Waals surface area (Å²) in [4.78, 5) is 13.3. The molecule has 2 N–H and O–H groups in total. The van der Waals surface area contributed by atoms with E-state index in [1.54, 1.807) is 12.4 Å². The van der Waals surface area contributed by atoms with E-state index in [4.69, 9.17) is 0 Å². The average molecular weight is 305 g/mol. The van der Waals surface area contributed by atoms with Crippen LogP contribution in [0.5, 0.6) is 0 Å². The van der Waals surface area contributed by atoms with Gasteiger partial charge in [0.2, 0.25) is 5.95 Å². The fourth-order valence-electron chi connectivity index (χ4n) is 2.17. The minimum absolute atomic E-state index is 0.253. The summed E-state index contributed by atoms with van der Waals surface area (Å²) in [6.07, 6.45) is 3.55. The van der Waals surface area contributed by atoms with Crippen LogP contribution in [0, 0.1) is 0 Å². The molecule has 0 saturated heterocycles. The molecule has 3 aromatic rings. The Balaban J connectivity index is 1.98. The Morgan fingerprint density at radius 3 is 2.48 bits per heavy atom. The number of anilines is 3. The van der Waals surface area contributed by atoms with Crippen molar-refractivity contribution in [1.29, 1.82) is 0 Å². The normalized spacial score (nSPS) is 10.6. The molecule has 0 radical (unpaired) electrons. The molecule has 0 aliphatic rings. The topological polar surface area (TPSA) is 62.7 Å². The molecule has 1 aromatic carbocycles. The second-order valence-corrected chi connectivity index (χ2v) is 5.49. The summed E-state index contributed by atoms with van der Waals surface area (Å²) >= 11 is 0. The molecular weight excluding hydrogens is 286 g/mol. The van der Waals surface area contributed by atoms with Crippen molar-refractivity contribution in [2.24, 2.45) is 0 Å². The van der Waals surface area contributed by atoms with E-state index < -0.39 is 0 Å². The van der Waals surface area contributed by atoms with Crippen molar-refractivity contribution >= 4 is 17.5 Å². The van der Waals surface area contributed by atoms with E-state index in [9.17, 15) is 0 Å². The highest BCUT2D eigenvalue weighted by Gasteiger charge is 2.08. The fraction of sp³-hybridized carbons (Fsp3) is 0.167. The second-order valence-electron chi connectivity index (χ2n) is 5.49. The summed E-state index contributed by atoms with van der Waals surface area (Å²) < 4.78 is 0. The number of rotatable bonds is 5. The molecule has 0 fully saturated rings. The van der Waals surface area contributed by atoms with Gasteiger partial charge < -0.3 is 10.6 Å². The molecule has 116 valence electrons. The summed E-state index contributed by atoms with van der Waals surface area (Å²) in [5.74, 6) is 1.34. The van der Waals surface area contributed by atoms with E-state index >= 15 is 0 Å². The Labute approximate surface area is 135 Å². The van der Waals surface area contributed by atoms with Crippen LogP contribution in [0.2, 0.25) is 0 Å². The van der Waals surface area contributed by atoms with Crippen LogP contribution in [0.1, 0.15) is 13.8 Å². The highest BCUT2D eigenvalue weighted by atomic mass is 15.2. The summed E-state index contributed by atoms with van der Waals surface area (Å²) in [5.41, 5.74) is 2.77. The highest BCUT2D eigenvalue weighted by molar-refractivity contribution is 5.66. The number of para-hydroxylation sites is 1. The maximum Gasteiger partial charge on any atom is 0.225 e. The van der Waals surface area contributed by atoms with Gasteiger partial charge in [-0.05, 0) is 38.1 Å². The van der Waals surface area contributed by atoms with Crippen molar-refractivity contribution in [2.75, 3.05) is 10.6 Å². The summed E-state index contributed by atoms with van der Waals surface area (Å²) in [7, 11) is 0.